The van der Waals surface area contributed by atoms with Crippen LogP contribution in [0.2, 0.25) is 5.02 Å². The standard InChI is InChI=1S/C20H21ClF3N3O3.ClH/c1-26-6-8-27(9-7-26)12-13-10-14(21)11-17(18(13)28)19(29)25-15-2-4-16(5-3-15)30-20(22,23)24;/h2-5,10-11,28H,6-9,12H2,1H3,(H,25,29);1H. The van der Waals surface area contributed by atoms with Crippen LogP contribution in [-0.2, 0) is 6.54 Å². The van der Waals surface area contributed by atoms with E-state index < -0.39 is 18.0 Å². The predicted octanol–water partition coefficient (Wildman–Crippen LogP) is 4.37. The molecule has 31 heavy (non-hydrogen) atoms. The fourth-order valence-electron chi connectivity index (χ4n) is 3.13. The summed E-state index contributed by atoms with van der Waals surface area (Å²) in [7, 11) is 2.04. The Kier molecular flexibility index (Phi) is 8.41. The molecule has 2 aromatic carbocycles. The number of aromatic hydroxyl groups is 1. The summed E-state index contributed by atoms with van der Waals surface area (Å²) in [6.45, 7) is 3.92. The number of carbonyl (C=O) groups is 1. The first-order valence-electron chi connectivity index (χ1n) is 9.20. The van der Waals surface area contributed by atoms with Gasteiger partial charge in [0.25, 0.3) is 5.91 Å². The van der Waals surface area contributed by atoms with Crippen molar-refractivity contribution in [2.45, 2.75) is 12.9 Å². The molecule has 0 unspecified atom stereocenters. The van der Waals surface area contributed by atoms with Crippen LogP contribution in [-0.4, -0.2) is 60.4 Å². The van der Waals surface area contributed by atoms with E-state index in [9.17, 15) is 23.1 Å². The van der Waals surface area contributed by atoms with E-state index in [-0.39, 0.29) is 29.4 Å². The van der Waals surface area contributed by atoms with Crippen LogP contribution in [0.3, 0.4) is 0 Å². The number of anilines is 1. The number of nitrogens with one attached hydrogen (secondary N) is 1. The second kappa shape index (κ2) is 10.4. The quantitative estimate of drug-likeness (QED) is 0.666. The van der Waals surface area contributed by atoms with Gasteiger partial charge in [0, 0.05) is 49.0 Å². The summed E-state index contributed by atoms with van der Waals surface area (Å²) in [5.41, 5.74) is 0.767. The van der Waals surface area contributed by atoms with Crippen LogP contribution in [0.1, 0.15) is 15.9 Å². The number of likely N-dealkylation sites (N-methyl/N-ethyl adjacent to an activating group) is 1. The number of alkyl halides is 3. The van der Waals surface area contributed by atoms with E-state index in [1.54, 1.807) is 6.07 Å². The number of piperazine rings is 1. The van der Waals surface area contributed by atoms with Gasteiger partial charge in [-0.3, -0.25) is 9.69 Å². The van der Waals surface area contributed by atoms with Crippen LogP contribution in [0, 0.1) is 0 Å². The zero-order valence-corrected chi connectivity index (χ0v) is 18.2. The molecule has 1 fully saturated rings. The van der Waals surface area contributed by atoms with Crippen molar-refractivity contribution in [1.82, 2.24) is 9.80 Å². The van der Waals surface area contributed by atoms with Crippen molar-refractivity contribution in [2.75, 3.05) is 38.5 Å². The molecule has 11 heteroatoms. The van der Waals surface area contributed by atoms with E-state index in [0.717, 1.165) is 38.3 Å². The third-order valence-electron chi connectivity index (χ3n) is 4.73. The summed E-state index contributed by atoms with van der Waals surface area (Å²) in [4.78, 5) is 17.0. The first-order chi connectivity index (χ1) is 14.1. The van der Waals surface area contributed by atoms with Gasteiger partial charge in [-0.1, -0.05) is 11.6 Å². The number of phenolic OH excluding ortho intramolecular Hbond substituents is 1. The van der Waals surface area contributed by atoms with Gasteiger partial charge in [0.05, 0.1) is 5.56 Å². The van der Waals surface area contributed by atoms with E-state index in [1.165, 1.54) is 18.2 Å². The van der Waals surface area contributed by atoms with Gasteiger partial charge >= 0.3 is 6.36 Å². The Morgan fingerprint density at radius 2 is 1.77 bits per heavy atom. The third kappa shape index (κ3) is 7.17. The Hall–Kier alpha value is -2.20. The molecule has 2 N–H and O–H groups in total. The number of halogens is 5. The van der Waals surface area contributed by atoms with Crippen molar-refractivity contribution in [3.8, 4) is 11.5 Å². The SMILES string of the molecule is CN1CCN(Cc2cc(Cl)cc(C(=O)Nc3ccc(OC(F)(F)F)cc3)c2O)CC1.Cl. The smallest absolute Gasteiger partial charge is 0.507 e. The predicted molar refractivity (Wildman–Crippen MR) is 114 cm³/mol. The van der Waals surface area contributed by atoms with Gasteiger partial charge in [-0.15, -0.1) is 25.6 Å². The number of ether oxygens (including phenoxy) is 1. The van der Waals surface area contributed by atoms with Crippen molar-refractivity contribution in [2.24, 2.45) is 0 Å². The second-order valence-corrected chi connectivity index (χ2v) is 7.50. The molecule has 0 saturated carbocycles. The Bertz CT molecular complexity index is 903. The number of phenols is 1. The van der Waals surface area contributed by atoms with Gasteiger partial charge in [-0.05, 0) is 43.4 Å². The molecule has 0 spiro atoms. The lowest BCUT2D eigenvalue weighted by Crippen LogP contribution is -2.43. The Morgan fingerprint density at radius 1 is 1.16 bits per heavy atom. The molecule has 0 bridgehead atoms. The lowest BCUT2D eigenvalue weighted by molar-refractivity contribution is -0.274. The number of hydrogen-bond donors (Lipinski definition) is 2. The maximum atomic E-state index is 12.6. The fourth-order valence-corrected chi connectivity index (χ4v) is 3.38. The minimum Gasteiger partial charge on any atom is -0.507 e. The molecule has 2 aromatic rings. The Labute approximate surface area is 188 Å². The Morgan fingerprint density at radius 3 is 2.35 bits per heavy atom. The van der Waals surface area contributed by atoms with E-state index in [1.807, 2.05) is 7.05 Å². The highest BCUT2D eigenvalue weighted by molar-refractivity contribution is 6.31. The average molecular weight is 480 g/mol. The molecule has 1 aliphatic rings. The monoisotopic (exact) mass is 479 g/mol. The Balaban J connectivity index is 0.00000341. The van der Waals surface area contributed by atoms with E-state index in [4.69, 9.17) is 11.6 Å². The lowest BCUT2D eigenvalue weighted by atomic mass is 10.1. The van der Waals surface area contributed by atoms with Crippen LogP contribution < -0.4 is 10.1 Å². The highest BCUT2D eigenvalue weighted by atomic mass is 35.5. The zero-order chi connectivity index (χ0) is 21.9. The number of hydrogen-bond acceptors (Lipinski definition) is 5. The van der Waals surface area contributed by atoms with Gasteiger partial charge in [0.2, 0.25) is 0 Å². The molecule has 1 heterocycles. The number of rotatable bonds is 5. The van der Waals surface area contributed by atoms with Crippen molar-refractivity contribution >= 4 is 35.6 Å². The number of benzene rings is 2. The maximum absolute atomic E-state index is 12.6. The first-order valence-corrected chi connectivity index (χ1v) is 9.58. The molecule has 1 saturated heterocycles. The van der Waals surface area contributed by atoms with Crippen molar-refractivity contribution in [3.05, 3.63) is 52.5 Å². The van der Waals surface area contributed by atoms with Gasteiger partial charge in [-0.25, -0.2) is 0 Å². The molecule has 1 aliphatic heterocycles. The van der Waals surface area contributed by atoms with E-state index in [2.05, 4.69) is 19.9 Å². The van der Waals surface area contributed by atoms with Gasteiger partial charge in [0.1, 0.15) is 11.5 Å². The molecular formula is C20H22Cl2F3N3O3. The van der Waals surface area contributed by atoms with Crippen molar-refractivity contribution < 1.29 is 27.8 Å². The number of amides is 1. The summed E-state index contributed by atoms with van der Waals surface area (Å²) in [5.74, 6) is -1.20. The fraction of sp³-hybridized carbons (Fsp3) is 0.350. The summed E-state index contributed by atoms with van der Waals surface area (Å²) >= 11 is 6.15. The zero-order valence-electron chi connectivity index (χ0n) is 16.6. The van der Waals surface area contributed by atoms with Crippen LogP contribution in [0.4, 0.5) is 18.9 Å². The second-order valence-electron chi connectivity index (χ2n) is 7.07. The van der Waals surface area contributed by atoms with Crippen LogP contribution in [0.25, 0.3) is 0 Å². The largest absolute Gasteiger partial charge is 0.573 e. The normalized spacial score (nSPS) is 15.3. The summed E-state index contributed by atoms with van der Waals surface area (Å²) in [5, 5.41) is 13.5. The van der Waals surface area contributed by atoms with Gasteiger partial charge in [0.15, 0.2) is 0 Å². The third-order valence-corrected chi connectivity index (χ3v) is 4.95. The average Bonchev–Trinajstić information content (AvgIpc) is 2.66. The molecule has 0 aromatic heterocycles. The van der Waals surface area contributed by atoms with Gasteiger partial charge in [-0.2, -0.15) is 0 Å². The number of carbonyl (C=O) groups excluding carboxylic acids is 1. The molecular weight excluding hydrogens is 458 g/mol. The van der Waals surface area contributed by atoms with E-state index >= 15 is 0 Å². The summed E-state index contributed by atoms with van der Waals surface area (Å²) in [6.07, 6.45) is -4.79. The summed E-state index contributed by atoms with van der Waals surface area (Å²) in [6, 6.07) is 7.67. The molecule has 6 nitrogen and oxygen atoms in total. The first kappa shape index (κ1) is 25.1. The van der Waals surface area contributed by atoms with Crippen LogP contribution in [0.5, 0.6) is 11.5 Å². The molecule has 1 amide bonds. The highest BCUT2D eigenvalue weighted by Crippen LogP contribution is 2.30. The van der Waals surface area contributed by atoms with Crippen molar-refractivity contribution in [1.29, 1.82) is 0 Å². The molecule has 3 rings (SSSR count). The van der Waals surface area contributed by atoms with E-state index in [0.29, 0.717) is 17.1 Å². The van der Waals surface area contributed by atoms with Crippen molar-refractivity contribution in [3.63, 3.8) is 0 Å². The molecule has 0 radical (unpaired) electrons. The maximum Gasteiger partial charge on any atom is 0.573 e. The lowest BCUT2D eigenvalue weighted by Gasteiger charge is -2.32. The highest BCUT2D eigenvalue weighted by Gasteiger charge is 2.31. The topological polar surface area (TPSA) is 65.0 Å². The van der Waals surface area contributed by atoms with Crippen LogP contribution in [0.15, 0.2) is 36.4 Å². The number of nitrogens with zero attached hydrogens (tertiary/aromatic N) is 2. The molecule has 0 aliphatic carbocycles. The van der Waals surface area contributed by atoms with Gasteiger partial charge < -0.3 is 20.1 Å². The summed E-state index contributed by atoms with van der Waals surface area (Å²) < 4.78 is 40.5. The minimum absolute atomic E-state index is 0. The van der Waals surface area contributed by atoms with Crippen LogP contribution >= 0.6 is 24.0 Å². The molecule has 0 atom stereocenters. The minimum atomic E-state index is -4.79. The molecule has 170 valence electrons.